The summed E-state index contributed by atoms with van der Waals surface area (Å²) in [5.74, 6) is -0.349. The predicted octanol–water partition coefficient (Wildman–Crippen LogP) is 5.23. The molecule has 1 amide bonds. The second-order valence-electron chi connectivity index (χ2n) is 8.32. The Hall–Kier alpha value is -2.83. The molecule has 1 heterocycles. The van der Waals surface area contributed by atoms with Crippen molar-refractivity contribution in [2.75, 3.05) is 0 Å². The fraction of sp³-hybridized carbons (Fsp3) is 0.261. The maximum absolute atomic E-state index is 12.9. The van der Waals surface area contributed by atoms with Crippen LogP contribution in [-0.4, -0.2) is 21.4 Å². The van der Waals surface area contributed by atoms with Gasteiger partial charge in [-0.05, 0) is 55.2 Å². The summed E-state index contributed by atoms with van der Waals surface area (Å²) in [4.78, 5) is 25.4. The summed E-state index contributed by atoms with van der Waals surface area (Å²) in [6, 6.07) is 12.3. The molecule has 0 bridgehead atoms. The first kappa shape index (κ1) is 22.8. The van der Waals surface area contributed by atoms with E-state index < -0.39 is 0 Å². The second kappa shape index (κ2) is 8.73. The Bertz CT molecular complexity index is 1220. The average molecular weight is 459 g/mol. The fourth-order valence-electron chi connectivity index (χ4n) is 3.16. The highest BCUT2D eigenvalue weighted by Crippen LogP contribution is 2.24. The number of rotatable bonds is 4. The Labute approximate surface area is 190 Å². The minimum absolute atomic E-state index is 0.00374. The highest BCUT2D eigenvalue weighted by molar-refractivity contribution is 6.42. The van der Waals surface area contributed by atoms with Crippen LogP contribution in [0.15, 0.2) is 52.4 Å². The van der Waals surface area contributed by atoms with Gasteiger partial charge in [0.25, 0.3) is 11.5 Å². The predicted molar refractivity (Wildman–Crippen MR) is 126 cm³/mol. The van der Waals surface area contributed by atoms with Crippen LogP contribution >= 0.6 is 23.2 Å². The molecule has 0 spiro atoms. The lowest BCUT2D eigenvalue weighted by atomic mass is 9.87. The van der Waals surface area contributed by atoms with Crippen molar-refractivity contribution in [2.45, 2.75) is 40.0 Å². The van der Waals surface area contributed by atoms with E-state index in [9.17, 15) is 9.59 Å². The number of hydrazone groups is 1. The third-order valence-corrected chi connectivity index (χ3v) is 5.67. The maximum Gasteiger partial charge on any atom is 0.280 e. The number of hydrogen-bond donors (Lipinski definition) is 2. The lowest BCUT2D eigenvalue weighted by Gasteiger charge is -2.18. The van der Waals surface area contributed by atoms with Crippen LogP contribution in [0.3, 0.4) is 0 Å². The number of nitrogens with zero attached hydrogens (tertiary/aromatic N) is 2. The Kier molecular flexibility index (Phi) is 6.43. The highest BCUT2D eigenvalue weighted by atomic mass is 35.5. The van der Waals surface area contributed by atoms with Crippen molar-refractivity contribution in [3.63, 3.8) is 0 Å². The van der Waals surface area contributed by atoms with Gasteiger partial charge in [-0.3, -0.25) is 14.7 Å². The van der Waals surface area contributed by atoms with Crippen molar-refractivity contribution >= 4 is 34.8 Å². The molecule has 31 heavy (non-hydrogen) atoms. The molecule has 0 saturated carbocycles. The van der Waals surface area contributed by atoms with Crippen LogP contribution in [0.2, 0.25) is 10.0 Å². The molecular weight excluding hydrogens is 435 g/mol. The third kappa shape index (κ3) is 4.92. The van der Waals surface area contributed by atoms with Gasteiger partial charge in [-0.15, -0.1) is 0 Å². The fourth-order valence-corrected chi connectivity index (χ4v) is 3.45. The molecule has 0 aliphatic carbocycles. The lowest BCUT2D eigenvalue weighted by molar-refractivity contribution is 0.0954. The van der Waals surface area contributed by atoms with E-state index in [0.29, 0.717) is 38.3 Å². The second-order valence-corrected chi connectivity index (χ2v) is 9.13. The smallest absolute Gasteiger partial charge is 0.280 e. The summed E-state index contributed by atoms with van der Waals surface area (Å²) in [7, 11) is 0. The van der Waals surface area contributed by atoms with Crippen molar-refractivity contribution in [2.24, 2.45) is 5.10 Å². The highest BCUT2D eigenvalue weighted by Gasteiger charge is 2.17. The first-order valence-electron chi connectivity index (χ1n) is 9.71. The van der Waals surface area contributed by atoms with Gasteiger partial charge in [0.15, 0.2) is 0 Å². The zero-order chi connectivity index (χ0) is 22.9. The minimum Gasteiger partial charge on any atom is -0.295 e. The van der Waals surface area contributed by atoms with Gasteiger partial charge in [0, 0.05) is 11.3 Å². The molecule has 0 atom stereocenters. The zero-order valence-corrected chi connectivity index (χ0v) is 19.5. The molecule has 3 aromatic rings. The molecule has 2 aromatic carbocycles. The summed E-state index contributed by atoms with van der Waals surface area (Å²) in [5.41, 5.74) is 5.76. The quantitative estimate of drug-likeness (QED) is 0.414. The number of carbonyl (C=O) groups excluding carboxylic acids is 1. The zero-order valence-electron chi connectivity index (χ0n) is 18.0. The molecule has 0 unspecified atom stereocenters. The molecule has 0 fully saturated rings. The van der Waals surface area contributed by atoms with Crippen LogP contribution in [-0.2, 0) is 5.41 Å². The number of aryl methyl sites for hydroxylation is 1. The van der Waals surface area contributed by atoms with E-state index in [1.165, 1.54) is 4.68 Å². The SMILES string of the molecule is C/C(=N\NC(=O)c1ccc(C(C)(C)C)cc1)c1c(C)[nH]n(-c2ccc(Cl)c(Cl)c2)c1=O. The molecule has 0 aliphatic rings. The molecule has 3 rings (SSSR count). The third-order valence-electron chi connectivity index (χ3n) is 4.93. The summed E-state index contributed by atoms with van der Waals surface area (Å²) >= 11 is 12.0. The molecule has 0 radical (unpaired) electrons. The molecule has 0 saturated heterocycles. The van der Waals surface area contributed by atoms with E-state index in [4.69, 9.17) is 23.2 Å². The first-order chi connectivity index (χ1) is 14.5. The number of benzene rings is 2. The van der Waals surface area contributed by atoms with Gasteiger partial charge in [-0.1, -0.05) is 56.1 Å². The number of aromatic amines is 1. The van der Waals surface area contributed by atoms with E-state index in [2.05, 4.69) is 36.4 Å². The largest absolute Gasteiger partial charge is 0.295 e. The van der Waals surface area contributed by atoms with Gasteiger partial charge >= 0.3 is 0 Å². The molecule has 2 N–H and O–H groups in total. The van der Waals surface area contributed by atoms with Gasteiger partial charge in [-0.25, -0.2) is 10.1 Å². The van der Waals surface area contributed by atoms with Crippen LogP contribution in [0.1, 0.15) is 54.9 Å². The standard InChI is InChI=1S/C23H24Cl2N4O2/c1-13(26-27-21(30)15-6-8-16(9-7-15)23(3,4)5)20-14(2)28-29(22(20)31)17-10-11-18(24)19(25)12-17/h6-12,28H,1-5H3,(H,27,30)/b26-13+. The number of H-pyrrole nitrogens is 1. The number of carbonyl (C=O) groups is 1. The van der Waals surface area contributed by atoms with Crippen LogP contribution in [0.5, 0.6) is 0 Å². The van der Waals surface area contributed by atoms with Gasteiger partial charge < -0.3 is 0 Å². The summed E-state index contributed by atoms with van der Waals surface area (Å²) < 4.78 is 1.36. The monoisotopic (exact) mass is 458 g/mol. The average Bonchev–Trinajstić information content (AvgIpc) is 3.01. The van der Waals surface area contributed by atoms with Crippen molar-refractivity contribution < 1.29 is 4.79 Å². The van der Waals surface area contributed by atoms with Crippen molar-refractivity contribution in [1.29, 1.82) is 0 Å². The Balaban J connectivity index is 1.83. The van der Waals surface area contributed by atoms with Crippen LogP contribution in [0.25, 0.3) is 5.69 Å². The maximum atomic E-state index is 12.9. The van der Waals surface area contributed by atoms with E-state index in [1.54, 1.807) is 44.2 Å². The summed E-state index contributed by atoms with van der Waals surface area (Å²) in [6.45, 7) is 9.76. The number of amides is 1. The van der Waals surface area contributed by atoms with Gasteiger partial charge in [0.2, 0.25) is 0 Å². The minimum atomic E-state index is -0.349. The molecule has 162 valence electrons. The first-order valence-corrected chi connectivity index (χ1v) is 10.5. The van der Waals surface area contributed by atoms with Crippen molar-refractivity contribution in [3.8, 4) is 5.69 Å². The number of halogens is 2. The topological polar surface area (TPSA) is 79.2 Å². The molecule has 6 nitrogen and oxygen atoms in total. The van der Waals surface area contributed by atoms with E-state index in [-0.39, 0.29) is 16.9 Å². The Morgan fingerprint density at radius 3 is 2.29 bits per heavy atom. The lowest BCUT2D eigenvalue weighted by Crippen LogP contribution is -2.23. The van der Waals surface area contributed by atoms with Gasteiger partial charge in [0.1, 0.15) is 0 Å². The van der Waals surface area contributed by atoms with Crippen LogP contribution in [0, 0.1) is 6.92 Å². The molecule has 8 heteroatoms. The van der Waals surface area contributed by atoms with Crippen LogP contribution < -0.4 is 11.0 Å². The van der Waals surface area contributed by atoms with E-state index in [1.807, 2.05) is 12.1 Å². The Morgan fingerprint density at radius 1 is 1.06 bits per heavy atom. The van der Waals surface area contributed by atoms with E-state index >= 15 is 0 Å². The molecule has 1 aromatic heterocycles. The molecule has 0 aliphatic heterocycles. The number of nitrogens with one attached hydrogen (secondary N) is 2. The van der Waals surface area contributed by atoms with Gasteiger partial charge in [0.05, 0.1) is 27.0 Å². The van der Waals surface area contributed by atoms with Crippen LogP contribution in [0.4, 0.5) is 0 Å². The van der Waals surface area contributed by atoms with Crippen molar-refractivity contribution in [3.05, 3.63) is 85.2 Å². The number of aromatic nitrogens is 2. The van der Waals surface area contributed by atoms with Crippen molar-refractivity contribution in [1.82, 2.24) is 15.2 Å². The summed E-state index contributed by atoms with van der Waals surface area (Å²) in [5, 5.41) is 7.89. The van der Waals surface area contributed by atoms with E-state index in [0.717, 1.165) is 5.56 Å². The normalized spacial score (nSPS) is 12.2. The Morgan fingerprint density at radius 2 is 1.71 bits per heavy atom. The van der Waals surface area contributed by atoms with Gasteiger partial charge in [-0.2, -0.15) is 5.10 Å². The molecular formula is C23H24Cl2N4O2. The number of hydrogen-bond acceptors (Lipinski definition) is 3. The summed E-state index contributed by atoms with van der Waals surface area (Å²) in [6.07, 6.45) is 0.